The highest BCUT2D eigenvalue weighted by Gasteiger charge is 2.15. The lowest BCUT2D eigenvalue weighted by molar-refractivity contribution is -0.136. The van der Waals surface area contributed by atoms with Crippen LogP contribution in [0.3, 0.4) is 0 Å². The molecule has 0 fully saturated rings. The Morgan fingerprint density at radius 3 is 2.53 bits per heavy atom. The minimum atomic E-state index is -0.865. The van der Waals surface area contributed by atoms with Crippen LogP contribution in [-0.4, -0.2) is 23.9 Å². The van der Waals surface area contributed by atoms with E-state index < -0.39 is 11.8 Å². The number of hydrogen-bond acceptors (Lipinski definition) is 5. The fourth-order valence-electron chi connectivity index (χ4n) is 2.61. The average molecular weight is 473 g/mol. The van der Waals surface area contributed by atoms with E-state index in [-0.39, 0.29) is 17.5 Å². The van der Waals surface area contributed by atoms with Crippen molar-refractivity contribution in [2.24, 2.45) is 5.10 Å². The smallest absolute Gasteiger partial charge is 0.313 e. The maximum atomic E-state index is 12.1. The van der Waals surface area contributed by atoms with Crippen molar-refractivity contribution in [1.29, 1.82) is 0 Å². The van der Waals surface area contributed by atoms with Gasteiger partial charge >= 0.3 is 11.8 Å². The van der Waals surface area contributed by atoms with E-state index in [0.29, 0.717) is 27.8 Å². The van der Waals surface area contributed by atoms with Gasteiger partial charge in [0, 0.05) is 11.3 Å². The molecule has 0 spiro atoms. The molecule has 3 N–H and O–H groups in total. The van der Waals surface area contributed by atoms with Crippen molar-refractivity contribution in [2.75, 3.05) is 5.32 Å². The number of benzene rings is 2. The standard InChI is InChI=1S/C22H18Cl2N4O4/c1-13-4-2-3-5-17(13)20(29)28-26-12-16-8-7-15(32-16)11-25-21(30)22(31)27-14-6-9-18(23)19(24)10-14/h2-10,12H,11H2,1H3,(H,25,30)(H,27,31)(H,28,29)/b26-12-. The van der Waals surface area contributed by atoms with E-state index in [1.807, 2.05) is 19.1 Å². The Labute approximate surface area is 193 Å². The van der Waals surface area contributed by atoms with Crippen LogP contribution in [0, 0.1) is 6.92 Å². The SMILES string of the molecule is Cc1ccccc1C(=O)N/N=C\c1ccc(CNC(=O)C(=O)Nc2ccc(Cl)c(Cl)c2)o1. The van der Waals surface area contributed by atoms with Crippen molar-refractivity contribution in [2.45, 2.75) is 13.5 Å². The molecule has 8 nitrogen and oxygen atoms in total. The van der Waals surface area contributed by atoms with E-state index in [1.165, 1.54) is 24.4 Å². The van der Waals surface area contributed by atoms with Gasteiger partial charge in [-0.05, 0) is 48.9 Å². The third kappa shape index (κ3) is 6.19. The van der Waals surface area contributed by atoms with Crippen LogP contribution >= 0.6 is 23.2 Å². The first-order valence-electron chi connectivity index (χ1n) is 9.35. The molecule has 0 aliphatic carbocycles. The van der Waals surface area contributed by atoms with Crippen LogP contribution in [0.4, 0.5) is 5.69 Å². The van der Waals surface area contributed by atoms with Gasteiger partial charge in [0.05, 0.1) is 22.8 Å². The summed E-state index contributed by atoms with van der Waals surface area (Å²) < 4.78 is 5.49. The molecule has 0 radical (unpaired) electrons. The van der Waals surface area contributed by atoms with Gasteiger partial charge in [0.15, 0.2) is 0 Å². The van der Waals surface area contributed by atoms with Crippen molar-refractivity contribution >= 4 is 52.8 Å². The second-order valence-corrected chi connectivity index (χ2v) is 7.40. The number of amides is 3. The lowest BCUT2D eigenvalue weighted by Crippen LogP contribution is -2.34. The molecule has 10 heteroatoms. The summed E-state index contributed by atoms with van der Waals surface area (Å²) in [5.41, 5.74) is 4.11. The van der Waals surface area contributed by atoms with E-state index in [2.05, 4.69) is 21.2 Å². The van der Waals surface area contributed by atoms with Crippen molar-refractivity contribution in [3.05, 3.63) is 87.3 Å². The third-order valence-corrected chi connectivity index (χ3v) is 4.98. The topological polar surface area (TPSA) is 113 Å². The molecule has 1 heterocycles. The van der Waals surface area contributed by atoms with Crippen molar-refractivity contribution in [3.8, 4) is 0 Å². The number of rotatable bonds is 6. The summed E-state index contributed by atoms with van der Waals surface area (Å²) >= 11 is 11.7. The fourth-order valence-corrected chi connectivity index (χ4v) is 2.91. The number of furan rings is 1. The molecule has 0 unspecified atom stereocenters. The highest BCUT2D eigenvalue weighted by molar-refractivity contribution is 6.42. The second kappa shape index (κ2) is 10.6. The number of nitrogens with one attached hydrogen (secondary N) is 3. The number of aryl methyl sites for hydroxylation is 1. The largest absolute Gasteiger partial charge is 0.458 e. The van der Waals surface area contributed by atoms with Crippen molar-refractivity contribution < 1.29 is 18.8 Å². The number of anilines is 1. The predicted molar refractivity (Wildman–Crippen MR) is 122 cm³/mol. The quantitative estimate of drug-likeness (QED) is 0.286. The summed E-state index contributed by atoms with van der Waals surface area (Å²) in [6.07, 6.45) is 1.33. The van der Waals surface area contributed by atoms with Crippen LogP contribution in [0.25, 0.3) is 0 Å². The van der Waals surface area contributed by atoms with Gasteiger partial charge in [-0.15, -0.1) is 0 Å². The molecular weight excluding hydrogens is 455 g/mol. The number of hydrazone groups is 1. The molecule has 0 atom stereocenters. The minimum absolute atomic E-state index is 0.0168. The number of carbonyl (C=O) groups excluding carboxylic acids is 3. The maximum Gasteiger partial charge on any atom is 0.313 e. The zero-order valence-corrected chi connectivity index (χ0v) is 18.3. The van der Waals surface area contributed by atoms with Gasteiger partial charge in [0.25, 0.3) is 5.91 Å². The van der Waals surface area contributed by atoms with Crippen LogP contribution in [-0.2, 0) is 16.1 Å². The fraction of sp³-hybridized carbons (Fsp3) is 0.0909. The van der Waals surface area contributed by atoms with E-state index in [4.69, 9.17) is 27.6 Å². The Hall–Kier alpha value is -3.62. The highest BCUT2D eigenvalue weighted by atomic mass is 35.5. The summed E-state index contributed by atoms with van der Waals surface area (Å²) in [7, 11) is 0. The summed E-state index contributed by atoms with van der Waals surface area (Å²) in [4.78, 5) is 36.1. The van der Waals surface area contributed by atoms with Crippen LogP contribution in [0.5, 0.6) is 0 Å². The molecule has 32 heavy (non-hydrogen) atoms. The lowest BCUT2D eigenvalue weighted by atomic mass is 10.1. The minimum Gasteiger partial charge on any atom is -0.458 e. The van der Waals surface area contributed by atoms with E-state index >= 15 is 0 Å². The Morgan fingerprint density at radius 1 is 1.00 bits per heavy atom. The van der Waals surface area contributed by atoms with E-state index in [1.54, 1.807) is 24.3 Å². The van der Waals surface area contributed by atoms with Crippen LogP contribution < -0.4 is 16.1 Å². The van der Waals surface area contributed by atoms with Gasteiger partial charge in [-0.25, -0.2) is 5.43 Å². The maximum absolute atomic E-state index is 12.1. The van der Waals surface area contributed by atoms with Crippen LogP contribution in [0.1, 0.15) is 27.4 Å². The molecule has 2 aromatic carbocycles. The number of hydrogen-bond donors (Lipinski definition) is 3. The van der Waals surface area contributed by atoms with Gasteiger partial charge in [0.1, 0.15) is 11.5 Å². The molecule has 3 rings (SSSR count). The van der Waals surface area contributed by atoms with Gasteiger partial charge in [0.2, 0.25) is 0 Å². The zero-order chi connectivity index (χ0) is 23.1. The third-order valence-electron chi connectivity index (χ3n) is 4.24. The molecule has 0 saturated carbocycles. The monoisotopic (exact) mass is 472 g/mol. The molecule has 0 bridgehead atoms. The van der Waals surface area contributed by atoms with Crippen LogP contribution in [0.15, 0.2) is 64.1 Å². The number of nitrogens with zero attached hydrogens (tertiary/aromatic N) is 1. The number of carbonyl (C=O) groups is 3. The van der Waals surface area contributed by atoms with Crippen molar-refractivity contribution in [3.63, 3.8) is 0 Å². The second-order valence-electron chi connectivity index (χ2n) is 6.58. The molecule has 1 aromatic heterocycles. The predicted octanol–water partition coefficient (Wildman–Crippen LogP) is 3.91. The lowest BCUT2D eigenvalue weighted by Gasteiger charge is -2.06. The first-order valence-corrected chi connectivity index (χ1v) is 10.1. The Kier molecular flexibility index (Phi) is 7.64. The molecule has 164 valence electrons. The molecule has 0 saturated heterocycles. The van der Waals surface area contributed by atoms with Gasteiger partial charge in [-0.1, -0.05) is 41.4 Å². The molecule has 0 aliphatic heterocycles. The normalized spacial score (nSPS) is 10.7. The number of halogens is 2. The van der Waals surface area contributed by atoms with E-state index in [0.717, 1.165) is 5.56 Å². The summed E-state index contributed by atoms with van der Waals surface area (Å²) in [6.45, 7) is 1.81. The highest BCUT2D eigenvalue weighted by Crippen LogP contribution is 2.24. The van der Waals surface area contributed by atoms with Gasteiger partial charge < -0.3 is 15.1 Å². The molecule has 3 aromatic rings. The van der Waals surface area contributed by atoms with Gasteiger partial charge in [-0.2, -0.15) is 5.10 Å². The first-order chi connectivity index (χ1) is 15.3. The summed E-state index contributed by atoms with van der Waals surface area (Å²) in [5, 5.41) is 9.32. The first kappa shape index (κ1) is 23.1. The van der Waals surface area contributed by atoms with Gasteiger partial charge in [-0.3, -0.25) is 14.4 Å². The average Bonchev–Trinajstić information content (AvgIpc) is 3.22. The van der Waals surface area contributed by atoms with Crippen LogP contribution in [0.2, 0.25) is 10.0 Å². The summed E-state index contributed by atoms with van der Waals surface area (Å²) in [6, 6.07) is 14.8. The Balaban J connectivity index is 1.48. The molecule has 3 amide bonds. The zero-order valence-electron chi connectivity index (χ0n) is 16.8. The Morgan fingerprint density at radius 2 is 1.78 bits per heavy atom. The van der Waals surface area contributed by atoms with Crippen molar-refractivity contribution in [1.82, 2.24) is 10.7 Å². The molecule has 0 aliphatic rings. The Bertz CT molecular complexity index is 1190. The summed E-state index contributed by atoms with van der Waals surface area (Å²) in [5.74, 6) is -1.30. The van der Waals surface area contributed by atoms with E-state index in [9.17, 15) is 14.4 Å². The molecular formula is C22H18Cl2N4O4.